The Morgan fingerprint density at radius 1 is 1.15 bits per heavy atom. The number of aliphatic imine (C=N–C) groups is 1. The maximum absolute atomic E-state index is 5.60. The van der Waals surface area contributed by atoms with Crippen LogP contribution in [-0.4, -0.2) is 30.6 Å². The second kappa shape index (κ2) is 10.3. The van der Waals surface area contributed by atoms with Gasteiger partial charge in [-0.05, 0) is 38.5 Å². The highest BCUT2D eigenvalue weighted by molar-refractivity contribution is 14.0. The van der Waals surface area contributed by atoms with Gasteiger partial charge in [0.15, 0.2) is 5.96 Å². The molecule has 0 atom stereocenters. The fraction of sp³-hybridized carbons (Fsp3) is 0.400. The number of aryl methyl sites for hydroxylation is 2. The van der Waals surface area contributed by atoms with Crippen LogP contribution in [-0.2, 0) is 13.1 Å². The lowest BCUT2D eigenvalue weighted by molar-refractivity contribution is 0.463. The zero-order valence-electron chi connectivity index (χ0n) is 16.2. The minimum atomic E-state index is 0. The molecule has 0 amide bonds. The minimum Gasteiger partial charge on any atom is -0.444 e. The lowest BCUT2D eigenvalue weighted by atomic mass is 10.2. The van der Waals surface area contributed by atoms with Gasteiger partial charge < -0.3 is 20.0 Å². The molecule has 146 valence electrons. The number of nitrogens with one attached hydrogen (secondary N) is 2. The van der Waals surface area contributed by atoms with Crippen molar-refractivity contribution in [2.75, 3.05) is 24.5 Å². The van der Waals surface area contributed by atoms with Gasteiger partial charge in [0.2, 0.25) is 5.89 Å². The monoisotopic (exact) mass is 481 g/mol. The third-order valence-corrected chi connectivity index (χ3v) is 4.36. The predicted octanol–water partition coefficient (Wildman–Crippen LogP) is 3.54. The van der Waals surface area contributed by atoms with Gasteiger partial charge >= 0.3 is 0 Å². The Balaban J connectivity index is 0.00000261. The summed E-state index contributed by atoms with van der Waals surface area (Å²) in [5, 5.41) is 6.52. The molecule has 1 aromatic carbocycles. The van der Waals surface area contributed by atoms with E-state index in [0.717, 1.165) is 37.0 Å². The Morgan fingerprint density at radius 3 is 2.44 bits per heavy atom. The van der Waals surface area contributed by atoms with Crippen molar-refractivity contribution in [1.29, 1.82) is 0 Å². The molecule has 3 rings (SSSR count). The van der Waals surface area contributed by atoms with E-state index in [1.165, 1.54) is 11.3 Å². The van der Waals surface area contributed by atoms with E-state index in [4.69, 9.17) is 4.42 Å². The first-order valence-corrected chi connectivity index (χ1v) is 9.09. The Kier molecular flexibility index (Phi) is 8.15. The number of guanidine groups is 1. The van der Waals surface area contributed by atoms with E-state index >= 15 is 0 Å². The van der Waals surface area contributed by atoms with Crippen molar-refractivity contribution in [2.45, 2.75) is 33.9 Å². The van der Waals surface area contributed by atoms with Crippen molar-refractivity contribution in [3.05, 3.63) is 59.3 Å². The van der Waals surface area contributed by atoms with Gasteiger partial charge in [0.05, 0.1) is 18.8 Å². The minimum absolute atomic E-state index is 0. The largest absolute Gasteiger partial charge is 0.444 e. The van der Waals surface area contributed by atoms with Crippen molar-refractivity contribution in [3.63, 3.8) is 0 Å². The molecule has 27 heavy (non-hydrogen) atoms. The zero-order chi connectivity index (χ0) is 18.4. The summed E-state index contributed by atoms with van der Waals surface area (Å²) in [6.45, 7) is 9.85. The number of benzene rings is 1. The number of nitrogens with zero attached hydrogens (tertiary/aromatic N) is 3. The molecule has 0 saturated heterocycles. The molecule has 0 radical (unpaired) electrons. The number of aromatic nitrogens is 1. The molecular formula is C20H28IN5O. The fourth-order valence-electron chi connectivity index (χ4n) is 2.79. The molecule has 1 aliphatic heterocycles. The molecule has 1 aliphatic rings. The van der Waals surface area contributed by atoms with Gasteiger partial charge in [0.25, 0.3) is 0 Å². The highest BCUT2D eigenvalue weighted by atomic mass is 127. The highest BCUT2D eigenvalue weighted by Crippen LogP contribution is 2.18. The summed E-state index contributed by atoms with van der Waals surface area (Å²) < 4.78 is 5.60. The number of hydrogen-bond donors (Lipinski definition) is 2. The van der Waals surface area contributed by atoms with Crippen LogP contribution in [0.25, 0.3) is 0 Å². The molecule has 0 aliphatic carbocycles. The molecule has 0 unspecified atom stereocenters. The summed E-state index contributed by atoms with van der Waals surface area (Å²) in [6.07, 6.45) is 4.40. The summed E-state index contributed by atoms with van der Waals surface area (Å²) in [5.74, 6) is 2.29. The Labute approximate surface area is 178 Å². The summed E-state index contributed by atoms with van der Waals surface area (Å²) in [5.41, 5.74) is 3.36. The Morgan fingerprint density at radius 2 is 1.85 bits per heavy atom. The lowest BCUT2D eigenvalue weighted by Crippen LogP contribution is -2.36. The molecule has 0 fully saturated rings. The van der Waals surface area contributed by atoms with Gasteiger partial charge in [-0.2, -0.15) is 0 Å². The fourth-order valence-corrected chi connectivity index (χ4v) is 2.79. The maximum atomic E-state index is 5.60. The third-order valence-electron chi connectivity index (χ3n) is 4.36. The van der Waals surface area contributed by atoms with Gasteiger partial charge in [-0.3, -0.25) is 0 Å². The van der Waals surface area contributed by atoms with Crippen LogP contribution in [0.4, 0.5) is 5.69 Å². The molecule has 2 N–H and O–H groups in total. The number of rotatable bonds is 6. The first-order valence-electron chi connectivity index (χ1n) is 9.09. The van der Waals surface area contributed by atoms with Gasteiger partial charge in [0, 0.05) is 25.3 Å². The van der Waals surface area contributed by atoms with Crippen molar-refractivity contribution in [1.82, 2.24) is 15.6 Å². The van der Waals surface area contributed by atoms with Crippen LogP contribution in [0.1, 0.15) is 29.8 Å². The summed E-state index contributed by atoms with van der Waals surface area (Å²) in [6, 6.07) is 8.61. The van der Waals surface area contributed by atoms with Crippen LogP contribution in [0.15, 0.2) is 45.8 Å². The standard InChI is InChI=1S/C20H27N5O.HI/c1-4-21-20(23-14-19-24-15(2)16(3)26-19)22-13-17-7-9-18(10-8-17)25-11-5-6-12-25;/h5-10H,4,11-14H2,1-3H3,(H2,21,22,23);1H. The maximum Gasteiger partial charge on any atom is 0.214 e. The lowest BCUT2D eigenvalue weighted by Gasteiger charge is -2.17. The molecule has 7 heteroatoms. The second-order valence-electron chi connectivity index (χ2n) is 6.34. The van der Waals surface area contributed by atoms with Crippen LogP contribution < -0.4 is 15.5 Å². The van der Waals surface area contributed by atoms with E-state index in [1.54, 1.807) is 0 Å². The van der Waals surface area contributed by atoms with Crippen molar-refractivity contribution >= 4 is 35.6 Å². The van der Waals surface area contributed by atoms with Crippen LogP contribution in [0.5, 0.6) is 0 Å². The van der Waals surface area contributed by atoms with Crippen LogP contribution in [0.3, 0.4) is 0 Å². The normalized spacial score (nSPS) is 13.6. The first-order chi connectivity index (χ1) is 12.7. The summed E-state index contributed by atoms with van der Waals surface area (Å²) >= 11 is 0. The van der Waals surface area contributed by atoms with Gasteiger partial charge in [-0.15, -0.1) is 24.0 Å². The number of halogens is 1. The van der Waals surface area contributed by atoms with Gasteiger partial charge in [-0.25, -0.2) is 9.98 Å². The molecule has 0 spiro atoms. The SMILES string of the molecule is CCNC(=NCc1ccc(N2CC=CC2)cc1)NCc1nc(C)c(C)o1.I. The Hall–Kier alpha value is -2.03. The second-order valence-corrected chi connectivity index (χ2v) is 6.34. The molecule has 0 saturated carbocycles. The van der Waals surface area contributed by atoms with Crippen molar-refractivity contribution in [2.24, 2.45) is 4.99 Å². The molecule has 0 bridgehead atoms. The number of hydrogen-bond acceptors (Lipinski definition) is 4. The average molecular weight is 481 g/mol. The topological polar surface area (TPSA) is 65.7 Å². The van der Waals surface area contributed by atoms with E-state index in [2.05, 4.69) is 68.9 Å². The van der Waals surface area contributed by atoms with E-state index in [-0.39, 0.29) is 24.0 Å². The van der Waals surface area contributed by atoms with E-state index in [9.17, 15) is 0 Å². The van der Waals surface area contributed by atoms with Crippen LogP contribution >= 0.6 is 24.0 Å². The molecule has 6 nitrogen and oxygen atoms in total. The predicted molar refractivity (Wildman–Crippen MR) is 121 cm³/mol. The third kappa shape index (κ3) is 5.98. The number of anilines is 1. The summed E-state index contributed by atoms with van der Waals surface area (Å²) in [7, 11) is 0. The molecule has 2 aromatic rings. The quantitative estimate of drug-likeness (QED) is 0.286. The van der Waals surface area contributed by atoms with E-state index in [1.807, 2.05) is 13.8 Å². The van der Waals surface area contributed by atoms with Crippen molar-refractivity contribution < 1.29 is 4.42 Å². The highest BCUT2D eigenvalue weighted by Gasteiger charge is 2.08. The zero-order valence-corrected chi connectivity index (χ0v) is 18.5. The summed E-state index contributed by atoms with van der Waals surface area (Å²) in [4.78, 5) is 11.4. The molecule has 2 heterocycles. The first kappa shape index (κ1) is 21.3. The molecular weight excluding hydrogens is 453 g/mol. The van der Waals surface area contributed by atoms with E-state index < -0.39 is 0 Å². The number of oxazole rings is 1. The van der Waals surface area contributed by atoms with Crippen LogP contribution in [0.2, 0.25) is 0 Å². The van der Waals surface area contributed by atoms with Gasteiger partial charge in [-0.1, -0.05) is 24.3 Å². The van der Waals surface area contributed by atoms with Crippen molar-refractivity contribution in [3.8, 4) is 0 Å². The average Bonchev–Trinajstić information content (AvgIpc) is 3.28. The smallest absolute Gasteiger partial charge is 0.214 e. The Bertz CT molecular complexity index is 755. The van der Waals surface area contributed by atoms with Gasteiger partial charge in [0.1, 0.15) is 5.76 Å². The van der Waals surface area contributed by atoms with Crippen LogP contribution in [0, 0.1) is 13.8 Å². The van der Waals surface area contributed by atoms with E-state index in [0.29, 0.717) is 19.0 Å². The molecule has 1 aromatic heterocycles.